The van der Waals surface area contributed by atoms with Crippen LogP contribution in [-0.2, 0) is 20.7 Å². The Balaban J connectivity index is 1.35. The number of hydrogen-bond donors (Lipinski definition) is 2. The lowest BCUT2D eigenvalue weighted by atomic mass is 10.0. The molecule has 0 radical (unpaired) electrons. The molecule has 3 atom stereocenters. The first-order valence-electron chi connectivity index (χ1n) is 11.6. The molecule has 2 aromatic rings. The summed E-state index contributed by atoms with van der Waals surface area (Å²) in [6, 6.07) is 5.67. The highest BCUT2D eigenvalue weighted by molar-refractivity contribution is 5.82. The summed E-state index contributed by atoms with van der Waals surface area (Å²) >= 11 is 0. The van der Waals surface area contributed by atoms with Gasteiger partial charge in [-0.1, -0.05) is 29.9 Å². The summed E-state index contributed by atoms with van der Waals surface area (Å²) < 4.78 is 25.5. The molecule has 1 aromatic heterocycles. The molecule has 4 rings (SSSR count). The number of nitrogens with zero attached hydrogens (tertiary/aromatic N) is 2. The average molecular weight is 472 g/mol. The predicted octanol–water partition coefficient (Wildman–Crippen LogP) is 3.88. The van der Waals surface area contributed by atoms with Crippen LogP contribution in [0.2, 0.25) is 0 Å². The number of aliphatic carboxylic acids is 1. The third-order valence-corrected chi connectivity index (χ3v) is 6.20. The normalized spacial score (nSPS) is 22.2. The average Bonchev–Trinajstić information content (AvgIpc) is 3.37. The van der Waals surface area contributed by atoms with Crippen LogP contribution in [0.1, 0.15) is 38.2 Å². The highest BCUT2D eigenvalue weighted by Crippen LogP contribution is 2.25. The van der Waals surface area contributed by atoms with E-state index in [1.165, 1.54) is 10.5 Å². The molecular formula is C25H30FN3O5. The van der Waals surface area contributed by atoms with Crippen LogP contribution >= 0.6 is 0 Å². The topological polar surface area (TPSA) is 105 Å². The van der Waals surface area contributed by atoms with E-state index in [-0.39, 0.29) is 57.0 Å². The number of likely N-dealkylation sites (tertiary alicyclic amines) is 1. The number of rotatable bonds is 10. The van der Waals surface area contributed by atoms with Gasteiger partial charge in [-0.3, -0.25) is 9.59 Å². The van der Waals surface area contributed by atoms with Crippen LogP contribution in [0.25, 0.3) is 11.1 Å². The van der Waals surface area contributed by atoms with Gasteiger partial charge in [-0.25, -0.2) is 4.39 Å². The van der Waals surface area contributed by atoms with Gasteiger partial charge < -0.3 is 24.5 Å². The maximum Gasteiger partial charge on any atom is 0.303 e. The molecule has 34 heavy (non-hydrogen) atoms. The molecule has 1 aromatic carbocycles. The molecule has 2 aliphatic rings. The van der Waals surface area contributed by atoms with Gasteiger partial charge in [0, 0.05) is 19.4 Å². The number of fused-ring (bicyclic) bond motifs is 1. The maximum atomic E-state index is 14.1. The van der Waals surface area contributed by atoms with Crippen molar-refractivity contribution in [1.82, 2.24) is 9.88 Å². The fourth-order valence-corrected chi connectivity index (χ4v) is 4.34. The molecule has 1 aliphatic heterocycles. The predicted molar refractivity (Wildman–Crippen MR) is 125 cm³/mol. The number of ether oxygens (including phenoxy) is 1. The summed E-state index contributed by atoms with van der Waals surface area (Å²) in [5, 5.41) is 12.0. The minimum atomic E-state index is -1.09. The molecule has 1 unspecified atom stereocenters. The number of hydrogen-bond acceptors (Lipinski definition) is 6. The lowest BCUT2D eigenvalue weighted by molar-refractivity contribution is -0.137. The molecule has 2 N–H and O–H groups in total. The first-order chi connectivity index (χ1) is 16.4. The van der Waals surface area contributed by atoms with E-state index in [9.17, 15) is 14.0 Å². The quantitative estimate of drug-likeness (QED) is 0.507. The van der Waals surface area contributed by atoms with Crippen LogP contribution in [0.3, 0.4) is 0 Å². The minimum Gasteiger partial charge on any atom is -0.481 e. The number of oxazole rings is 1. The summed E-state index contributed by atoms with van der Waals surface area (Å²) in [6.07, 6.45) is 6.70. The number of anilines is 1. The number of amides is 1. The monoisotopic (exact) mass is 471 g/mol. The maximum absolute atomic E-state index is 14.1. The van der Waals surface area contributed by atoms with Gasteiger partial charge in [-0.15, -0.1) is 0 Å². The van der Waals surface area contributed by atoms with Gasteiger partial charge in [0.25, 0.3) is 6.01 Å². The standard InChI is InChI=1S/C25H30FN3O5/c1-16-5-2-3-6-20(16)27-25-28-21-9-8-17(11-22(21)34-25)12-23(30)29-14-18(26)13-19(29)15-33-10-4-7-24(31)32/h2-3,5,8-9,11,18-20H,4,6-7,10,12-15H2,1H3,(H,27,28)(H,31,32)/t18-,19-,20?/m0/s1. The van der Waals surface area contributed by atoms with Crippen molar-refractivity contribution in [1.29, 1.82) is 0 Å². The van der Waals surface area contributed by atoms with Gasteiger partial charge in [-0.2, -0.15) is 4.98 Å². The zero-order valence-corrected chi connectivity index (χ0v) is 19.2. The Hall–Kier alpha value is -3.20. The number of allylic oxidation sites excluding steroid dienone is 2. The van der Waals surface area contributed by atoms with Crippen molar-refractivity contribution in [2.45, 2.75) is 57.3 Å². The first-order valence-corrected chi connectivity index (χ1v) is 11.6. The zero-order valence-electron chi connectivity index (χ0n) is 19.2. The Morgan fingerprint density at radius 3 is 3.03 bits per heavy atom. The van der Waals surface area contributed by atoms with Crippen molar-refractivity contribution in [3.8, 4) is 0 Å². The van der Waals surface area contributed by atoms with E-state index in [4.69, 9.17) is 14.3 Å². The van der Waals surface area contributed by atoms with Crippen LogP contribution < -0.4 is 5.32 Å². The van der Waals surface area contributed by atoms with Crippen LogP contribution in [0, 0.1) is 0 Å². The molecule has 8 nitrogen and oxygen atoms in total. The molecule has 1 fully saturated rings. The second-order valence-corrected chi connectivity index (χ2v) is 8.87. The molecule has 0 spiro atoms. The lowest BCUT2D eigenvalue weighted by Crippen LogP contribution is -2.39. The highest BCUT2D eigenvalue weighted by Gasteiger charge is 2.35. The number of carbonyl (C=O) groups excluding carboxylic acids is 1. The number of benzene rings is 1. The molecule has 1 saturated heterocycles. The third kappa shape index (κ3) is 6.02. The van der Waals surface area contributed by atoms with Gasteiger partial charge in [0.05, 0.1) is 31.7 Å². The second-order valence-electron chi connectivity index (χ2n) is 8.87. The van der Waals surface area contributed by atoms with E-state index in [0.29, 0.717) is 23.5 Å². The summed E-state index contributed by atoms with van der Waals surface area (Å²) in [5.41, 5.74) is 3.25. The summed E-state index contributed by atoms with van der Waals surface area (Å²) in [4.78, 5) is 29.6. The van der Waals surface area contributed by atoms with E-state index >= 15 is 0 Å². The Morgan fingerprint density at radius 2 is 2.24 bits per heavy atom. The van der Waals surface area contributed by atoms with Crippen LogP contribution in [0.4, 0.5) is 10.4 Å². The van der Waals surface area contributed by atoms with Crippen molar-refractivity contribution in [3.05, 3.63) is 47.6 Å². The number of halogens is 1. The van der Waals surface area contributed by atoms with E-state index < -0.39 is 12.1 Å². The molecule has 0 bridgehead atoms. The number of carboxylic acid groups (broad SMARTS) is 1. The highest BCUT2D eigenvalue weighted by atomic mass is 19.1. The number of carboxylic acids is 1. The lowest BCUT2D eigenvalue weighted by Gasteiger charge is -2.24. The number of carbonyl (C=O) groups is 2. The summed E-state index contributed by atoms with van der Waals surface area (Å²) in [7, 11) is 0. The molecule has 0 saturated carbocycles. The van der Waals surface area contributed by atoms with E-state index in [2.05, 4.69) is 29.4 Å². The van der Waals surface area contributed by atoms with Crippen molar-refractivity contribution in [2.24, 2.45) is 0 Å². The summed E-state index contributed by atoms with van der Waals surface area (Å²) in [6.45, 7) is 2.57. The number of alkyl halides is 1. The van der Waals surface area contributed by atoms with Gasteiger partial charge in [0.15, 0.2) is 5.58 Å². The van der Waals surface area contributed by atoms with Crippen molar-refractivity contribution < 1.29 is 28.2 Å². The van der Waals surface area contributed by atoms with Gasteiger partial charge in [0.1, 0.15) is 11.7 Å². The third-order valence-electron chi connectivity index (χ3n) is 6.20. The molecule has 1 aliphatic carbocycles. The zero-order chi connectivity index (χ0) is 24.1. The first kappa shape index (κ1) is 23.9. The van der Waals surface area contributed by atoms with Gasteiger partial charge >= 0.3 is 5.97 Å². The van der Waals surface area contributed by atoms with Crippen molar-refractivity contribution in [3.63, 3.8) is 0 Å². The van der Waals surface area contributed by atoms with Crippen LogP contribution in [0.5, 0.6) is 0 Å². The van der Waals surface area contributed by atoms with E-state index in [1.54, 1.807) is 6.07 Å². The molecule has 9 heteroatoms. The SMILES string of the molecule is CC1=CC=CCC1Nc1nc2ccc(CC(=O)N3C[C@@H](F)C[C@H]3COCCCC(=O)O)cc2o1. The Bertz CT molecular complexity index is 1100. The van der Waals surface area contributed by atoms with Gasteiger partial charge in [0.2, 0.25) is 5.91 Å². The molecule has 1 amide bonds. The molecule has 182 valence electrons. The smallest absolute Gasteiger partial charge is 0.303 e. The molecule has 2 heterocycles. The fraction of sp³-hybridized carbons (Fsp3) is 0.480. The van der Waals surface area contributed by atoms with Crippen molar-refractivity contribution in [2.75, 3.05) is 25.1 Å². The number of aromatic nitrogens is 1. The van der Waals surface area contributed by atoms with Gasteiger partial charge in [-0.05, 0) is 37.5 Å². The molecular weight excluding hydrogens is 441 g/mol. The minimum absolute atomic E-state index is 0.0222. The number of nitrogens with one attached hydrogen (secondary N) is 1. The van der Waals surface area contributed by atoms with E-state index in [0.717, 1.165) is 12.0 Å². The van der Waals surface area contributed by atoms with Crippen LogP contribution in [0.15, 0.2) is 46.4 Å². The van der Waals surface area contributed by atoms with E-state index in [1.807, 2.05) is 18.2 Å². The fourth-order valence-electron chi connectivity index (χ4n) is 4.34. The van der Waals surface area contributed by atoms with Crippen LogP contribution in [-0.4, -0.2) is 64.9 Å². The summed E-state index contributed by atoms with van der Waals surface area (Å²) in [5.74, 6) is -1.05. The Morgan fingerprint density at radius 1 is 1.38 bits per heavy atom. The Kier molecular flexibility index (Phi) is 7.62. The van der Waals surface area contributed by atoms with Crippen molar-refractivity contribution >= 4 is 29.0 Å². The largest absolute Gasteiger partial charge is 0.481 e. The second kappa shape index (κ2) is 10.8. The Labute approximate surface area is 197 Å².